The van der Waals surface area contributed by atoms with Gasteiger partial charge >= 0.3 is 15.5 Å². The summed E-state index contributed by atoms with van der Waals surface area (Å²) in [5.74, 6) is 0.584. The summed E-state index contributed by atoms with van der Waals surface area (Å²) in [5, 5.41) is 6.28. The molecule has 28 heavy (non-hydrogen) atoms. The molecule has 162 valence electrons. The van der Waals surface area contributed by atoms with Crippen molar-refractivity contribution in [3.63, 3.8) is 0 Å². The molecule has 1 aliphatic heterocycles. The molecule has 0 amide bonds. The van der Waals surface area contributed by atoms with Crippen molar-refractivity contribution in [2.75, 3.05) is 26.2 Å². The molecule has 2 N–H and O–H groups in total. The number of hydrogen-bond donors (Lipinski definition) is 2. The van der Waals surface area contributed by atoms with E-state index in [2.05, 4.69) is 20.6 Å². The predicted molar refractivity (Wildman–Crippen MR) is 111 cm³/mol. The van der Waals surface area contributed by atoms with Crippen molar-refractivity contribution in [1.29, 1.82) is 0 Å². The highest BCUT2D eigenvalue weighted by Gasteiger charge is 2.50. The lowest BCUT2D eigenvalue weighted by atomic mass is 10.1. The number of halogens is 4. The second kappa shape index (κ2) is 11.2. The molecule has 8 nitrogen and oxygen atoms in total. The number of hydrogen-bond acceptors (Lipinski definition) is 4. The van der Waals surface area contributed by atoms with Gasteiger partial charge in [0.15, 0.2) is 5.96 Å². The van der Waals surface area contributed by atoms with Gasteiger partial charge in [0.1, 0.15) is 0 Å². The van der Waals surface area contributed by atoms with E-state index in [1.54, 1.807) is 12.5 Å². The molecular weight excluding hydrogens is 512 g/mol. The first-order valence-electron chi connectivity index (χ1n) is 8.81. The van der Waals surface area contributed by atoms with E-state index in [4.69, 9.17) is 0 Å². The molecule has 0 aliphatic carbocycles. The Hall–Kier alpha value is -1.09. The summed E-state index contributed by atoms with van der Waals surface area (Å²) in [6, 6.07) is -0.129. The third-order valence-electron chi connectivity index (χ3n) is 4.17. The van der Waals surface area contributed by atoms with Gasteiger partial charge in [-0.25, -0.2) is 13.4 Å². The number of aliphatic imine (C=N–C) groups is 1. The minimum Gasteiger partial charge on any atom is -0.357 e. The average molecular weight is 538 g/mol. The fourth-order valence-corrected chi connectivity index (χ4v) is 3.75. The molecule has 0 aromatic carbocycles. The third-order valence-corrected chi connectivity index (χ3v) is 5.80. The van der Waals surface area contributed by atoms with Crippen molar-refractivity contribution in [3.05, 3.63) is 18.7 Å². The van der Waals surface area contributed by atoms with E-state index in [0.717, 1.165) is 13.0 Å². The van der Waals surface area contributed by atoms with Crippen LogP contribution in [0, 0.1) is 0 Å². The molecule has 0 unspecified atom stereocenters. The van der Waals surface area contributed by atoms with Crippen LogP contribution in [0.4, 0.5) is 13.2 Å². The predicted octanol–water partition coefficient (Wildman–Crippen LogP) is 1.76. The van der Waals surface area contributed by atoms with Crippen molar-refractivity contribution >= 4 is 40.0 Å². The van der Waals surface area contributed by atoms with E-state index in [1.165, 1.54) is 0 Å². The van der Waals surface area contributed by atoms with Gasteiger partial charge in [-0.3, -0.25) is 4.99 Å². The second-order valence-electron chi connectivity index (χ2n) is 6.18. The monoisotopic (exact) mass is 538 g/mol. The lowest BCUT2D eigenvalue weighted by molar-refractivity contribution is -0.0494. The standard InChI is InChI=1S/C15H25F3N6O2S.HI/c1-2-20-14(21-6-3-8-23-11-7-19-12-23)22-13-4-9-24(10-5-13)27(25,26)15(16,17)18;/h7,11-13H,2-6,8-10H2,1H3,(H2,20,21,22);1H. The Balaban J connectivity index is 0.00000392. The zero-order chi connectivity index (χ0) is 19.9. The summed E-state index contributed by atoms with van der Waals surface area (Å²) >= 11 is 0. The molecule has 1 aliphatic rings. The maximum Gasteiger partial charge on any atom is 0.511 e. The number of rotatable bonds is 7. The van der Waals surface area contributed by atoms with Gasteiger partial charge < -0.3 is 15.2 Å². The molecule has 0 atom stereocenters. The summed E-state index contributed by atoms with van der Waals surface area (Å²) in [6.07, 6.45) is 6.70. The number of guanidine groups is 1. The SMILES string of the molecule is CCNC(=NCCCn1ccnc1)NC1CCN(S(=O)(=O)C(F)(F)F)CC1.I. The van der Waals surface area contributed by atoms with Gasteiger partial charge in [-0.15, -0.1) is 24.0 Å². The van der Waals surface area contributed by atoms with Crippen molar-refractivity contribution in [3.8, 4) is 0 Å². The first kappa shape index (κ1) is 24.9. The number of alkyl halides is 3. The van der Waals surface area contributed by atoms with Crippen LogP contribution in [0.2, 0.25) is 0 Å². The van der Waals surface area contributed by atoms with E-state index >= 15 is 0 Å². The molecule has 13 heteroatoms. The van der Waals surface area contributed by atoms with Crippen molar-refractivity contribution in [2.24, 2.45) is 4.99 Å². The quantitative estimate of drug-likeness (QED) is 0.239. The van der Waals surface area contributed by atoms with E-state index in [1.807, 2.05) is 17.7 Å². The average Bonchev–Trinajstić information content (AvgIpc) is 3.12. The molecule has 1 aromatic rings. The van der Waals surface area contributed by atoms with E-state index < -0.39 is 15.5 Å². The summed E-state index contributed by atoms with van der Waals surface area (Å²) in [5.41, 5.74) is -5.25. The number of piperidine rings is 1. The van der Waals surface area contributed by atoms with Gasteiger partial charge in [-0.2, -0.15) is 17.5 Å². The van der Waals surface area contributed by atoms with Crippen LogP contribution in [0.15, 0.2) is 23.7 Å². The largest absolute Gasteiger partial charge is 0.511 e. The number of nitrogens with zero attached hydrogens (tertiary/aromatic N) is 4. The Bertz CT molecular complexity index is 704. The maximum absolute atomic E-state index is 12.6. The number of aryl methyl sites for hydroxylation is 1. The fraction of sp³-hybridized carbons (Fsp3) is 0.733. The number of imidazole rings is 1. The normalized spacial score (nSPS) is 17.2. The highest BCUT2D eigenvalue weighted by atomic mass is 127. The molecule has 2 rings (SSSR count). The van der Waals surface area contributed by atoms with Gasteiger partial charge in [0, 0.05) is 51.2 Å². The number of aromatic nitrogens is 2. The van der Waals surface area contributed by atoms with Crippen LogP contribution in [0.25, 0.3) is 0 Å². The van der Waals surface area contributed by atoms with Gasteiger partial charge in [-0.1, -0.05) is 0 Å². The van der Waals surface area contributed by atoms with Crippen LogP contribution in [-0.4, -0.2) is 66.0 Å². The van der Waals surface area contributed by atoms with E-state index in [-0.39, 0.29) is 55.9 Å². The Labute approximate surface area is 180 Å². The van der Waals surface area contributed by atoms with Crippen LogP contribution in [0.1, 0.15) is 26.2 Å². The lowest BCUT2D eigenvalue weighted by Gasteiger charge is -2.32. The van der Waals surface area contributed by atoms with E-state index in [9.17, 15) is 21.6 Å². The van der Waals surface area contributed by atoms with Crippen LogP contribution >= 0.6 is 24.0 Å². The van der Waals surface area contributed by atoms with Crippen LogP contribution in [0.5, 0.6) is 0 Å². The summed E-state index contributed by atoms with van der Waals surface area (Å²) in [4.78, 5) is 8.43. The smallest absolute Gasteiger partial charge is 0.357 e. The Morgan fingerprint density at radius 1 is 1.32 bits per heavy atom. The molecule has 0 bridgehead atoms. The molecule has 1 fully saturated rings. The zero-order valence-corrected chi connectivity index (χ0v) is 18.7. The highest BCUT2D eigenvalue weighted by Crippen LogP contribution is 2.28. The Morgan fingerprint density at radius 2 is 2.00 bits per heavy atom. The van der Waals surface area contributed by atoms with Gasteiger partial charge in [0.25, 0.3) is 0 Å². The molecule has 2 heterocycles. The first-order chi connectivity index (χ1) is 12.7. The summed E-state index contributed by atoms with van der Waals surface area (Å²) in [7, 11) is -5.25. The Kier molecular flexibility index (Phi) is 9.97. The maximum atomic E-state index is 12.6. The van der Waals surface area contributed by atoms with Crippen molar-refractivity contribution < 1.29 is 21.6 Å². The number of nitrogens with one attached hydrogen (secondary N) is 2. The Morgan fingerprint density at radius 3 is 2.54 bits per heavy atom. The molecular formula is C15H26F3IN6O2S. The molecule has 0 radical (unpaired) electrons. The topological polar surface area (TPSA) is 91.6 Å². The van der Waals surface area contributed by atoms with Gasteiger partial charge in [0.2, 0.25) is 0 Å². The summed E-state index contributed by atoms with van der Waals surface area (Å²) < 4.78 is 63.2. The molecule has 0 saturated carbocycles. The van der Waals surface area contributed by atoms with Crippen molar-refractivity contribution in [2.45, 2.75) is 44.3 Å². The molecule has 1 aromatic heterocycles. The van der Waals surface area contributed by atoms with Crippen LogP contribution in [0.3, 0.4) is 0 Å². The highest BCUT2D eigenvalue weighted by molar-refractivity contribution is 14.0. The summed E-state index contributed by atoms with van der Waals surface area (Å²) in [6.45, 7) is 3.60. The third kappa shape index (κ3) is 7.06. The number of sulfonamides is 1. The fourth-order valence-electron chi connectivity index (χ4n) is 2.76. The van der Waals surface area contributed by atoms with E-state index in [0.29, 0.717) is 23.4 Å². The minimum atomic E-state index is -5.25. The van der Waals surface area contributed by atoms with Crippen LogP contribution in [-0.2, 0) is 16.6 Å². The first-order valence-corrected chi connectivity index (χ1v) is 10.2. The second-order valence-corrected chi connectivity index (χ2v) is 8.11. The van der Waals surface area contributed by atoms with Gasteiger partial charge in [0.05, 0.1) is 6.33 Å². The van der Waals surface area contributed by atoms with Gasteiger partial charge in [-0.05, 0) is 26.2 Å². The molecule has 1 saturated heterocycles. The van der Waals surface area contributed by atoms with Crippen LogP contribution < -0.4 is 10.6 Å². The minimum absolute atomic E-state index is 0. The lowest BCUT2D eigenvalue weighted by Crippen LogP contribution is -2.51. The van der Waals surface area contributed by atoms with Crippen molar-refractivity contribution in [1.82, 2.24) is 24.5 Å². The zero-order valence-electron chi connectivity index (χ0n) is 15.5. The molecule has 0 spiro atoms.